The minimum absolute atomic E-state index is 0.110. The molecule has 1 fully saturated rings. The number of alkyl halides is 1. The van der Waals surface area contributed by atoms with Gasteiger partial charge in [0.25, 0.3) is 16.0 Å². The van der Waals surface area contributed by atoms with Crippen molar-refractivity contribution in [1.82, 2.24) is 4.90 Å². The van der Waals surface area contributed by atoms with Gasteiger partial charge in [-0.1, -0.05) is 29.3 Å². The highest BCUT2D eigenvalue weighted by Gasteiger charge is 2.38. The van der Waals surface area contributed by atoms with Gasteiger partial charge in [0.15, 0.2) is 0 Å². The molecule has 0 spiro atoms. The molecule has 29 heavy (non-hydrogen) atoms. The third-order valence-corrected chi connectivity index (χ3v) is 6.10. The van der Waals surface area contributed by atoms with Gasteiger partial charge in [0, 0.05) is 31.5 Å². The molecule has 0 bridgehead atoms. The molecule has 0 aromatic heterocycles. The van der Waals surface area contributed by atoms with Crippen LogP contribution < -0.4 is 0 Å². The van der Waals surface area contributed by atoms with E-state index in [2.05, 4.69) is 4.18 Å². The maximum atomic E-state index is 15.4. The zero-order valence-corrected chi connectivity index (χ0v) is 17.1. The number of aryl methyl sites for hydroxylation is 1. The number of rotatable bonds is 5. The van der Waals surface area contributed by atoms with Gasteiger partial charge in [-0.2, -0.15) is 8.42 Å². The number of amides is 1. The average molecular weight is 446 g/mol. The largest absolute Gasteiger partial charge is 0.338 e. The fourth-order valence-corrected chi connectivity index (χ4v) is 3.87. The van der Waals surface area contributed by atoms with Gasteiger partial charge in [-0.05, 0) is 37.3 Å². The summed E-state index contributed by atoms with van der Waals surface area (Å²) in [5.74, 6) is -1.20. The highest BCUT2D eigenvalue weighted by atomic mass is 35.5. The first kappa shape index (κ1) is 19.0. The van der Waals surface area contributed by atoms with Crippen molar-refractivity contribution in [3.8, 4) is 0 Å². The van der Waals surface area contributed by atoms with E-state index < -0.39 is 46.9 Å². The van der Waals surface area contributed by atoms with Crippen LogP contribution in [0.3, 0.4) is 0 Å². The predicted molar refractivity (Wildman–Crippen MR) is 105 cm³/mol. The van der Waals surface area contributed by atoms with Gasteiger partial charge in [0.2, 0.25) is 0 Å². The Hall–Kier alpha value is -2.03. The molecule has 0 atom stereocenters. The highest BCUT2D eigenvalue weighted by Crippen LogP contribution is 2.29. The van der Waals surface area contributed by atoms with E-state index in [0.717, 1.165) is 17.7 Å². The highest BCUT2D eigenvalue weighted by molar-refractivity contribution is 7.86. The van der Waals surface area contributed by atoms with Crippen LogP contribution in [0.4, 0.5) is 8.78 Å². The van der Waals surface area contributed by atoms with Crippen molar-refractivity contribution in [2.24, 2.45) is 0 Å². The summed E-state index contributed by atoms with van der Waals surface area (Å²) in [6.45, 7) is -1.76. The van der Waals surface area contributed by atoms with Crippen LogP contribution in [0.2, 0.25) is 5.02 Å². The smallest absolute Gasteiger partial charge is 0.297 e. The molecule has 156 valence electrons. The Balaban J connectivity index is 1.71. The third kappa shape index (κ3) is 5.12. The van der Waals surface area contributed by atoms with Crippen molar-refractivity contribution < 1.29 is 28.9 Å². The summed E-state index contributed by atoms with van der Waals surface area (Å²) in [7, 11) is -4.55. The summed E-state index contributed by atoms with van der Waals surface area (Å²) in [6.07, 6.45) is -0.964. The molecule has 5 nitrogen and oxygen atoms in total. The maximum Gasteiger partial charge on any atom is 0.297 e. The minimum Gasteiger partial charge on any atom is -0.338 e. The summed E-state index contributed by atoms with van der Waals surface area (Å²) in [6, 6.07) is 8.99. The standard InChI is InChI=1S/C20H20ClF2NO4S/c1-14-2-5-16(6-3-14)29(26,27)28-13-20(23)8-10-24(11-9-20)19(25)15-4-7-18(22)17(21)12-15/h2-7,12H,8-11,13H2,1H3/i13D2. The number of likely N-dealkylation sites (tertiary alicyclic amines) is 1. The SMILES string of the molecule is [2H]C([2H])(OS(=O)(=O)c1ccc(C)cc1)C1(F)CCN(C(=O)c2ccc(F)c(Cl)c2)CC1. The van der Waals surface area contributed by atoms with Crippen LogP contribution in [-0.2, 0) is 14.3 Å². The number of halogens is 3. The average Bonchev–Trinajstić information content (AvgIpc) is 2.69. The molecule has 0 radical (unpaired) electrons. The van der Waals surface area contributed by atoms with E-state index in [1.54, 1.807) is 6.92 Å². The second-order valence-corrected chi connectivity index (χ2v) is 8.79. The van der Waals surface area contributed by atoms with Gasteiger partial charge >= 0.3 is 0 Å². The van der Waals surface area contributed by atoms with Crippen molar-refractivity contribution in [2.45, 2.75) is 30.3 Å². The Morgan fingerprint density at radius 3 is 2.45 bits per heavy atom. The monoisotopic (exact) mass is 445 g/mol. The molecule has 1 amide bonds. The van der Waals surface area contributed by atoms with Crippen LogP contribution in [0.15, 0.2) is 47.4 Å². The Kier molecular flexibility index (Phi) is 5.48. The predicted octanol–water partition coefficient (Wildman–Crippen LogP) is 4.14. The molecule has 1 saturated heterocycles. The summed E-state index contributed by atoms with van der Waals surface area (Å²) in [5, 5.41) is -0.228. The molecule has 0 saturated carbocycles. The van der Waals surface area contributed by atoms with Gasteiger partial charge in [0.05, 0.1) is 12.7 Å². The van der Waals surface area contributed by atoms with E-state index in [4.69, 9.17) is 14.3 Å². The molecule has 9 heteroatoms. The number of carbonyl (C=O) groups excluding carboxylic acids is 1. The Labute approximate surface area is 176 Å². The molecule has 0 N–H and O–H groups in total. The topological polar surface area (TPSA) is 63.7 Å². The Morgan fingerprint density at radius 1 is 1.24 bits per heavy atom. The first-order valence-electron chi connectivity index (χ1n) is 9.80. The number of piperidine rings is 1. The van der Waals surface area contributed by atoms with E-state index in [0.29, 0.717) is 0 Å². The molecule has 0 unspecified atom stereocenters. The van der Waals surface area contributed by atoms with Crippen LogP contribution in [0.5, 0.6) is 0 Å². The van der Waals surface area contributed by atoms with Crippen LogP contribution in [0, 0.1) is 12.7 Å². The fraction of sp³-hybridized carbons (Fsp3) is 0.350. The lowest BCUT2D eigenvalue weighted by Crippen LogP contribution is -2.46. The molecular weight excluding hydrogens is 424 g/mol. The van der Waals surface area contributed by atoms with E-state index in [9.17, 15) is 17.6 Å². The summed E-state index contributed by atoms with van der Waals surface area (Å²) < 4.78 is 74.2. The maximum absolute atomic E-state index is 15.4. The quantitative estimate of drug-likeness (QED) is 0.649. The zero-order valence-electron chi connectivity index (χ0n) is 17.5. The van der Waals surface area contributed by atoms with Crippen molar-refractivity contribution >= 4 is 27.6 Å². The number of benzene rings is 2. The normalized spacial score (nSPS) is 18.1. The number of hydrogen-bond donors (Lipinski definition) is 0. The lowest BCUT2D eigenvalue weighted by atomic mass is 9.94. The molecule has 3 rings (SSSR count). The van der Waals surface area contributed by atoms with Crippen molar-refractivity contribution in [1.29, 1.82) is 0 Å². The van der Waals surface area contributed by atoms with E-state index in [1.165, 1.54) is 35.2 Å². The van der Waals surface area contributed by atoms with Crippen LogP contribution >= 0.6 is 11.6 Å². The van der Waals surface area contributed by atoms with Gasteiger partial charge in [-0.25, -0.2) is 8.78 Å². The summed E-state index contributed by atoms with van der Waals surface area (Å²) in [4.78, 5) is 13.6. The molecule has 1 aliphatic rings. The van der Waals surface area contributed by atoms with Crippen LogP contribution in [-0.4, -0.2) is 44.5 Å². The summed E-state index contributed by atoms with van der Waals surface area (Å²) >= 11 is 5.69. The van der Waals surface area contributed by atoms with Crippen molar-refractivity contribution in [3.05, 3.63) is 64.4 Å². The molecule has 1 heterocycles. The van der Waals surface area contributed by atoms with Crippen LogP contribution in [0.1, 0.15) is 31.5 Å². The molecule has 1 aliphatic heterocycles. The fourth-order valence-electron chi connectivity index (χ4n) is 2.86. The number of carbonyl (C=O) groups is 1. The van der Waals surface area contributed by atoms with Crippen molar-refractivity contribution in [3.63, 3.8) is 0 Å². The van der Waals surface area contributed by atoms with Crippen molar-refractivity contribution in [2.75, 3.05) is 19.6 Å². The molecule has 2 aromatic rings. The first-order valence-corrected chi connectivity index (χ1v) is 10.6. The molecular formula is C20H20ClF2NO4S. The third-order valence-electron chi connectivity index (χ3n) is 4.65. The van der Waals surface area contributed by atoms with Gasteiger partial charge in [-0.3, -0.25) is 8.98 Å². The zero-order chi connectivity index (χ0) is 23.0. The lowest BCUT2D eigenvalue weighted by Gasteiger charge is -2.36. The van der Waals surface area contributed by atoms with E-state index in [-0.39, 0.29) is 28.6 Å². The lowest BCUT2D eigenvalue weighted by molar-refractivity contribution is 0.0186. The second kappa shape index (κ2) is 8.38. The molecule has 2 aromatic carbocycles. The first-order chi connectivity index (χ1) is 14.3. The van der Waals surface area contributed by atoms with Gasteiger partial charge in [0.1, 0.15) is 18.0 Å². The molecule has 0 aliphatic carbocycles. The number of hydrogen-bond acceptors (Lipinski definition) is 4. The van der Waals surface area contributed by atoms with E-state index >= 15 is 4.39 Å². The minimum atomic E-state index is -4.55. The summed E-state index contributed by atoms with van der Waals surface area (Å²) in [5.41, 5.74) is -1.73. The van der Waals surface area contributed by atoms with Gasteiger partial charge < -0.3 is 4.90 Å². The van der Waals surface area contributed by atoms with Gasteiger partial charge in [-0.15, -0.1) is 0 Å². The number of nitrogens with zero attached hydrogens (tertiary/aromatic N) is 1. The Bertz CT molecular complexity index is 1090. The van der Waals surface area contributed by atoms with E-state index in [1.807, 2.05) is 0 Å². The van der Waals surface area contributed by atoms with Crippen LogP contribution in [0.25, 0.3) is 0 Å². The second-order valence-electron chi connectivity index (χ2n) is 6.84. The Morgan fingerprint density at radius 2 is 1.86 bits per heavy atom.